The van der Waals surface area contributed by atoms with Gasteiger partial charge in [-0.25, -0.2) is 4.57 Å². The first-order valence-corrected chi connectivity index (χ1v) is 23.2. The fourth-order valence-electron chi connectivity index (χ4n) is 6.37. The average molecular weight is 763 g/mol. The number of carbonyl (C=O) groups is 2. The third-order valence-electron chi connectivity index (χ3n) is 9.65. The maximum atomic E-state index is 12.6. The zero-order valence-electron chi connectivity index (χ0n) is 33.8. The highest BCUT2D eigenvalue weighted by Crippen LogP contribution is 2.44. The van der Waals surface area contributed by atoms with Gasteiger partial charge in [0.1, 0.15) is 6.61 Å². The van der Waals surface area contributed by atoms with Crippen molar-refractivity contribution in [3.8, 4) is 0 Å². The number of nitrogens with two attached hydrogens (primary N) is 2. The van der Waals surface area contributed by atoms with Crippen LogP contribution < -0.4 is 11.5 Å². The van der Waals surface area contributed by atoms with Crippen LogP contribution in [0.5, 0.6) is 0 Å². The summed E-state index contributed by atoms with van der Waals surface area (Å²) in [7, 11) is -4.55. The van der Waals surface area contributed by atoms with Crippen molar-refractivity contribution in [3.63, 3.8) is 0 Å². The molecule has 5 N–H and O–H groups in total. The van der Waals surface area contributed by atoms with Gasteiger partial charge in [0.05, 0.1) is 6.61 Å². The number of hydrogen-bond acceptors (Lipinski definition) is 9. The van der Waals surface area contributed by atoms with E-state index in [1.165, 1.54) is 148 Å². The molecule has 0 fully saturated rings. The predicted molar refractivity (Wildman–Crippen MR) is 214 cm³/mol. The van der Waals surface area contributed by atoms with Crippen LogP contribution in [0.3, 0.4) is 0 Å². The molecule has 0 aliphatic carbocycles. The van der Waals surface area contributed by atoms with E-state index in [2.05, 4.69) is 13.8 Å². The maximum absolute atomic E-state index is 12.6. The second-order valence-corrected chi connectivity index (χ2v) is 16.2. The topological polar surface area (TPSA) is 160 Å². The van der Waals surface area contributed by atoms with E-state index in [0.29, 0.717) is 12.8 Å². The lowest BCUT2D eigenvalue weighted by Crippen LogP contribution is -2.43. The van der Waals surface area contributed by atoms with E-state index in [9.17, 15) is 19.0 Å². The van der Waals surface area contributed by atoms with Crippen molar-refractivity contribution in [1.82, 2.24) is 0 Å². The third-order valence-corrected chi connectivity index (χ3v) is 10.7. The molecule has 0 aromatic carbocycles. The molecular weight excluding hydrogens is 679 g/mol. The fourth-order valence-corrected chi connectivity index (χ4v) is 7.21. The minimum Gasteiger partial charge on any atom is -0.462 e. The minimum atomic E-state index is -4.55. The Kier molecular flexibility index (Phi) is 37.5. The zero-order valence-corrected chi connectivity index (χ0v) is 34.7. The van der Waals surface area contributed by atoms with Crippen molar-refractivity contribution in [3.05, 3.63) is 0 Å². The Labute approximate surface area is 319 Å². The largest absolute Gasteiger partial charge is 0.473 e. The summed E-state index contributed by atoms with van der Waals surface area (Å²) < 4.78 is 32.8. The van der Waals surface area contributed by atoms with Crippen LogP contribution in [0.1, 0.15) is 219 Å². The lowest BCUT2D eigenvalue weighted by Gasteiger charge is -2.25. The lowest BCUT2D eigenvalue weighted by molar-refractivity contribution is -0.165. The van der Waals surface area contributed by atoms with Gasteiger partial charge in [0.2, 0.25) is 0 Å². The van der Waals surface area contributed by atoms with Crippen LogP contribution in [0.4, 0.5) is 0 Å². The molecule has 0 bridgehead atoms. The summed E-state index contributed by atoms with van der Waals surface area (Å²) in [6, 6.07) is 0. The van der Waals surface area contributed by atoms with Crippen molar-refractivity contribution in [1.29, 1.82) is 0 Å². The molecule has 0 heterocycles. The number of phosphoric acid groups is 1. The van der Waals surface area contributed by atoms with Crippen LogP contribution in [-0.2, 0) is 32.7 Å². The second kappa shape index (κ2) is 38.3. The predicted octanol–water partition coefficient (Wildman–Crippen LogP) is 11.3. The molecule has 0 radical (unpaired) electrons. The van der Waals surface area contributed by atoms with E-state index >= 15 is 0 Å². The van der Waals surface area contributed by atoms with E-state index in [1.807, 2.05) is 0 Å². The van der Waals surface area contributed by atoms with Gasteiger partial charge in [-0.3, -0.25) is 18.6 Å². The molecule has 0 aliphatic heterocycles. The number of rotatable bonds is 41. The Morgan fingerprint density at radius 2 is 0.885 bits per heavy atom. The Hall–Kier alpha value is -1.03. The molecule has 0 saturated carbocycles. The molecule has 310 valence electrons. The van der Waals surface area contributed by atoms with Crippen LogP contribution in [0.2, 0.25) is 0 Å². The second-order valence-electron chi connectivity index (χ2n) is 14.8. The van der Waals surface area contributed by atoms with Crippen molar-refractivity contribution in [2.75, 3.05) is 19.8 Å². The van der Waals surface area contributed by atoms with Crippen molar-refractivity contribution in [2.24, 2.45) is 11.5 Å². The summed E-state index contributed by atoms with van der Waals surface area (Å²) in [5, 5.41) is 0. The van der Waals surface area contributed by atoms with E-state index in [4.69, 9.17) is 30.0 Å². The monoisotopic (exact) mass is 763 g/mol. The van der Waals surface area contributed by atoms with Crippen LogP contribution in [0.25, 0.3) is 0 Å². The number of ether oxygens (including phenoxy) is 2. The Balaban J connectivity index is 4.24. The molecule has 0 spiro atoms. The van der Waals surface area contributed by atoms with Gasteiger partial charge >= 0.3 is 19.8 Å². The van der Waals surface area contributed by atoms with E-state index in [-0.39, 0.29) is 32.6 Å². The Morgan fingerprint density at radius 3 is 1.23 bits per heavy atom. The fraction of sp³-hybridized carbons (Fsp3) is 0.951. The Morgan fingerprint density at radius 1 is 0.558 bits per heavy atom. The Bertz CT molecular complexity index is 850. The molecule has 52 heavy (non-hydrogen) atoms. The van der Waals surface area contributed by atoms with Gasteiger partial charge < -0.3 is 25.8 Å². The summed E-state index contributed by atoms with van der Waals surface area (Å²) in [6.45, 7) is 3.94. The van der Waals surface area contributed by atoms with Crippen LogP contribution in [-0.4, -0.2) is 48.9 Å². The van der Waals surface area contributed by atoms with Crippen molar-refractivity contribution in [2.45, 2.75) is 232 Å². The van der Waals surface area contributed by atoms with Gasteiger partial charge in [-0.1, -0.05) is 194 Å². The summed E-state index contributed by atoms with van der Waals surface area (Å²) >= 11 is 0. The molecule has 3 atom stereocenters. The van der Waals surface area contributed by atoms with Crippen LogP contribution in [0.15, 0.2) is 0 Å². The molecule has 0 amide bonds. The minimum absolute atomic E-state index is 0.0116. The highest BCUT2D eigenvalue weighted by atomic mass is 31.2. The van der Waals surface area contributed by atoms with Gasteiger partial charge in [0.25, 0.3) is 0 Å². The van der Waals surface area contributed by atoms with Gasteiger partial charge in [0, 0.05) is 19.4 Å². The summed E-state index contributed by atoms with van der Waals surface area (Å²) in [6.07, 6.45) is 34.6. The number of unbranched alkanes of at least 4 members (excludes halogenated alkanes) is 28. The molecular formula is C41H83N2O8P. The molecule has 11 heteroatoms. The highest BCUT2D eigenvalue weighted by Gasteiger charge is 2.32. The summed E-state index contributed by atoms with van der Waals surface area (Å²) in [5.74, 6) is -0.954. The number of hydrogen-bond donors (Lipinski definition) is 3. The zero-order chi connectivity index (χ0) is 38.4. The number of esters is 2. The number of phosphoric ester groups is 1. The SMILES string of the molecule is CCCCCCCCCCCCCCCCCC(=O)OC[C@@H](OC(=O)CCCCCCCCCCCCCCCCC)[C@@H](N)OP(=O)(O)OCCN. The molecule has 0 saturated heterocycles. The standard InChI is InChI=1S/C41H83N2O8P/c1-3-5-7-9-11-13-15-17-19-21-23-25-27-29-31-33-39(44)48-37-38(41(43)51-52(46,47)49-36-35-42)50-40(45)34-32-30-28-26-24-22-20-18-16-14-12-10-8-6-4-2/h38,41H,3-37,42-43H2,1-2H3,(H,46,47)/t38-,41+/m1/s1. The summed E-state index contributed by atoms with van der Waals surface area (Å²) in [4.78, 5) is 35.1. The molecule has 0 aromatic rings. The maximum Gasteiger partial charge on any atom is 0.473 e. The summed E-state index contributed by atoms with van der Waals surface area (Å²) in [5.41, 5.74) is 11.3. The highest BCUT2D eigenvalue weighted by molar-refractivity contribution is 7.47. The first kappa shape index (κ1) is 51.0. The van der Waals surface area contributed by atoms with Gasteiger partial charge in [0.15, 0.2) is 12.3 Å². The van der Waals surface area contributed by atoms with Gasteiger partial charge in [-0.2, -0.15) is 0 Å². The molecule has 0 aliphatic rings. The normalized spacial score (nSPS) is 13.9. The third kappa shape index (κ3) is 36.0. The van der Waals surface area contributed by atoms with Crippen LogP contribution >= 0.6 is 7.82 Å². The molecule has 0 aromatic heterocycles. The van der Waals surface area contributed by atoms with Crippen molar-refractivity contribution < 1.29 is 37.6 Å². The lowest BCUT2D eigenvalue weighted by atomic mass is 10.0. The van der Waals surface area contributed by atoms with E-state index < -0.39 is 32.1 Å². The molecule has 0 rings (SSSR count). The average Bonchev–Trinajstić information content (AvgIpc) is 3.12. The number of carbonyl (C=O) groups excluding carboxylic acids is 2. The van der Waals surface area contributed by atoms with E-state index in [1.54, 1.807) is 0 Å². The van der Waals surface area contributed by atoms with Gasteiger partial charge in [-0.15, -0.1) is 0 Å². The van der Waals surface area contributed by atoms with Crippen LogP contribution in [0, 0.1) is 0 Å². The quantitative estimate of drug-likeness (QED) is 0.0237. The van der Waals surface area contributed by atoms with E-state index in [0.717, 1.165) is 32.1 Å². The smallest absolute Gasteiger partial charge is 0.462 e. The van der Waals surface area contributed by atoms with Gasteiger partial charge in [-0.05, 0) is 12.8 Å². The molecule has 1 unspecified atom stereocenters. The van der Waals surface area contributed by atoms with Crippen molar-refractivity contribution >= 4 is 19.8 Å². The first-order valence-electron chi connectivity index (χ1n) is 21.7. The molecule has 10 nitrogen and oxygen atoms in total. The first-order chi connectivity index (χ1) is 25.3.